The summed E-state index contributed by atoms with van der Waals surface area (Å²) >= 11 is 0. The van der Waals surface area contributed by atoms with E-state index >= 15 is 0 Å². The molecule has 0 bridgehead atoms. The van der Waals surface area contributed by atoms with Crippen LogP contribution in [0.5, 0.6) is 0 Å². The van der Waals surface area contributed by atoms with Gasteiger partial charge in [0.1, 0.15) is 0 Å². The summed E-state index contributed by atoms with van der Waals surface area (Å²) in [5, 5.41) is -0.0149. The van der Waals surface area contributed by atoms with Gasteiger partial charge in [0.05, 0.1) is 0 Å². The number of rotatable bonds is 7. The first-order chi connectivity index (χ1) is 12.9. The quantitative estimate of drug-likeness (QED) is 0.292. The van der Waals surface area contributed by atoms with Crippen LogP contribution in [0.2, 0.25) is 0 Å². The molecule has 0 aliphatic carbocycles. The molecule has 2 heteroatoms. The maximum atomic E-state index is 12.7. The summed E-state index contributed by atoms with van der Waals surface area (Å²) in [6, 6.07) is 17.6. The molecule has 1 fully saturated rings. The van der Waals surface area contributed by atoms with Crippen LogP contribution in [0.4, 0.5) is 0 Å². The normalized spacial score (nSPS) is 25.9. The zero-order valence-electron chi connectivity index (χ0n) is 16.2. The molecule has 1 nitrogen and oxygen atoms in total. The maximum Gasteiger partial charge on any atom is 0.193 e. The molecule has 27 heavy (non-hydrogen) atoms. The molecule has 1 saturated heterocycles. The van der Waals surface area contributed by atoms with Gasteiger partial charge in [-0.05, 0) is 17.4 Å². The van der Waals surface area contributed by atoms with Gasteiger partial charge in [0.2, 0.25) is 0 Å². The SMILES string of the molecule is C=CC[C@]1(c2ccc(C(=O)c3ccccc3)cc2)P(C=C)[C@@H](C=C)C1(C)C. The second-order valence-electron chi connectivity index (χ2n) is 7.62. The third-order valence-electron chi connectivity index (χ3n) is 6.07. The van der Waals surface area contributed by atoms with Gasteiger partial charge in [0.25, 0.3) is 0 Å². The molecule has 0 N–H and O–H groups in total. The molecule has 1 unspecified atom stereocenters. The van der Waals surface area contributed by atoms with Crippen molar-refractivity contribution in [2.24, 2.45) is 5.41 Å². The van der Waals surface area contributed by atoms with Gasteiger partial charge < -0.3 is 0 Å². The number of ketones is 1. The Labute approximate surface area is 164 Å². The topological polar surface area (TPSA) is 17.1 Å². The Morgan fingerprint density at radius 3 is 2.11 bits per heavy atom. The van der Waals surface area contributed by atoms with Crippen molar-refractivity contribution in [3.8, 4) is 0 Å². The van der Waals surface area contributed by atoms with Crippen molar-refractivity contribution >= 4 is 13.7 Å². The Balaban J connectivity index is 2.01. The molecule has 0 amide bonds. The van der Waals surface area contributed by atoms with Gasteiger partial charge in [-0.25, -0.2) is 0 Å². The summed E-state index contributed by atoms with van der Waals surface area (Å²) in [5.41, 5.74) is 3.21. The van der Waals surface area contributed by atoms with Gasteiger partial charge in [-0.15, -0.1) is 13.2 Å². The van der Waals surface area contributed by atoms with Crippen molar-refractivity contribution < 1.29 is 4.79 Å². The van der Waals surface area contributed by atoms with Crippen LogP contribution in [0.1, 0.15) is 41.8 Å². The van der Waals surface area contributed by atoms with E-state index in [9.17, 15) is 4.79 Å². The van der Waals surface area contributed by atoms with Crippen molar-refractivity contribution in [3.05, 3.63) is 109 Å². The zero-order chi connectivity index (χ0) is 19.7. The first kappa shape index (κ1) is 19.5. The number of hydrogen-bond acceptors (Lipinski definition) is 1. The Morgan fingerprint density at radius 1 is 1.00 bits per heavy atom. The van der Waals surface area contributed by atoms with Gasteiger partial charge in [0, 0.05) is 21.9 Å². The van der Waals surface area contributed by atoms with Crippen LogP contribution in [-0.2, 0) is 5.16 Å². The highest BCUT2D eigenvalue weighted by molar-refractivity contribution is 7.65. The van der Waals surface area contributed by atoms with Crippen LogP contribution >= 0.6 is 7.92 Å². The van der Waals surface area contributed by atoms with E-state index in [1.807, 2.05) is 48.5 Å². The molecule has 138 valence electrons. The lowest BCUT2D eigenvalue weighted by atomic mass is 9.68. The van der Waals surface area contributed by atoms with Gasteiger partial charge in [0.15, 0.2) is 5.78 Å². The fraction of sp³-hybridized carbons (Fsp3) is 0.240. The Bertz CT molecular complexity index is 863. The third kappa shape index (κ3) is 2.86. The van der Waals surface area contributed by atoms with E-state index < -0.39 is 7.92 Å². The molecular weight excluding hydrogens is 347 g/mol. The lowest BCUT2D eigenvalue weighted by Crippen LogP contribution is -2.57. The monoisotopic (exact) mass is 374 g/mol. The maximum absolute atomic E-state index is 12.7. The Hall–Kier alpha value is -2.24. The molecule has 1 aliphatic rings. The predicted octanol–water partition coefficient (Wildman–Crippen LogP) is 6.91. The Kier molecular flexibility index (Phi) is 5.36. The smallest absolute Gasteiger partial charge is 0.193 e. The van der Waals surface area contributed by atoms with Crippen LogP contribution in [0.15, 0.2) is 92.3 Å². The lowest BCUT2D eigenvalue weighted by Gasteiger charge is -2.66. The van der Waals surface area contributed by atoms with E-state index in [2.05, 4.69) is 57.6 Å². The van der Waals surface area contributed by atoms with E-state index in [-0.39, 0.29) is 16.4 Å². The van der Waals surface area contributed by atoms with Crippen LogP contribution in [-0.4, -0.2) is 11.4 Å². The molecule has 2 aromatic rings. The summed E-state index contributed by atoms with van der Waals surface area (Å²) in [7, 11) is -0.456. The molecule has 0 spiro atoms. The van der Waals surface area contributed by atoms with E-state index in [4.69, 9.17) is 0 Å². The minimum absolute atomic E-state index is 0.0149. The molecule has 3 atom stereocenters. The number of allylic oxidation sites excluding steroid dienone is 2. The molecule has 1 aliphatic heterocycles. The van der Waals surface area contributed by atoms with Crippen molar-refractivity contribution in [1.82, 2.24) is 0 Å². The molecule has 1 heterocycles. The molecule has 0 aromatic heterocycles. The summed E-state index contributed by atoms with van der Waals surface area (Å²) in [5.74, 6) is 2.18. The summed E-state index contributed by atoms with van der Waals surface area (Å²) in [6.07, 6.45) is 5.00. The number of benzene rings is 2. The second-order valence-corrected chi connectivity index (χ2v) is 10.1. The van der Waals surface area contributed by atoms with Gasteiger partial charge in [-0.1, -0.05) is 101 Å². The van der Waals surface area contributed by atoms with Crippen molar-refractivity contribution in [1.29, 1.82) is 0 Å². The standard InChI is InChI=1S/C25H27OP/c1-6-18-25(24(4,5)22(7-2)27(25)8-3)21-16-14-20(15-17-21)23(26)19-12-10-9-11-13-19/h6-17,22H,1-3,18H2,4-5H3/t22-,25+,27?/m0/s1. The van der Waals surface area contributed by atoms with Crippen LogP contribution in [0.3, 0.4) is 0 Å². The fourth-order valence-electron chi connectivity index (χ4n) is 4.64. The third-order valence-corrected chi connectivity index (χ3v) is 9.81. The van der Waals surface area contributed by atoms with Crippen molar-refractivity contribution in [2.75, 3.05) is 0 Å². The molecule has 3 rings (SSSR count). The molecule has 0 saturated carbocycles. The first-order valence-corrected chi connectivity index (χ1v) is 10.8. The molecule has 0 radical (unpaired) electrons. The number of carbonyl (C=O) groups excluding carboxylic acids is 1. The minimum atomic E-state index is -0.456. The number of hydrogen-bond donors (Lipinski definition) is 0. The average molecular weight is 374 g/mol. The fourth-order valence-corrected chi connectivity index (χ4v) is 8.19. The highest BCUT2D eigenvalue weighted by Gasteiger charge is 2.64. The van der Waals surface area contributed by atoms with E-state index in [0.29, 0.717) is 5.66 Å². The number of carbonyl (C=O) groups is 1. The largest absolute Gasteiger partial charge is 0.289 e. The van der Waals surface area contributed by atoms with Crippen LogP contribution < -0.4 is 0 Å². The predicted molar refractivity (Wildman–Crippen MR) is 118 cm³/mol. The van der Waals surface area contributed by atoms with E-state index in [1.165, 1.54) is 5.56 Å². The average Bonchev–Trinajstić information content (AvgIpc) is 2.70. The van der Waals surface area contributed by atoms with Crippen LogP contribution in [0, 0.1) is 5.41 Å². The highest BCUT2D eigenvalue weighted by Crippen LogP contribution is 2.82. The molecular formula is C25H27OP. The highest BCUT2D eigenvalue weighted by atomic mass is 31.1. The van der Waals surface area contributed by atoms with E-state index in [1.54, 1.807) is 0 Å². The lowest BCUT2D eigenvalue weighted by molar-refractivity contribution is 0.103. The van der Waals surface area contributed by atoms with Crippen molar-refractivity contribution in [2.45, 2.75) is 31.1 Å². The summed E-state index contributed by atoms with van der Waals surface area (Å²) < 4.78 is 0. The zero-order valence-corrected chi connectivity index (χ0v) is 17.1. The van der Waals surface area contributed by atoms with Gasteiger partial charge >= 0.3 is 0 Å². The summed E-state index contributed by atoms with van der Waals surface area (Å²) in [4.78, 5) is 12.7. The molecule has 2 aromatic carbocycles. The van der Waals surface area contributed by atoms with E-state index in [0.717, 1.165) is 17.5 Å². The first-order valence-electron chi connectivity index (χ1n) is 9.28. The van der Waals surface area contributed by atoms with Gasteiger partial charge in [-0.2, -0.15) is 0 Å². The van der Waals surface area contributed by atoms with Crippen LogP contribution in [0.25, 0.3) is 0 Å². The minimum Gasteiger partial charge on any atom is -0.289 e. The second kappa shape index (κ2) is 7.41. The van der Waals surface area contributed by atoms with Crippen molar-refractivity contribution in [3.63, 3.8) is 0 Å². The van der Waals surface area contributed by atoms with Gasteiger partial charge in [-0.3, -0.25) is 4.79 Å². The summed E-state index contributed by atoms with van der Waals surface area (Å²) in [6.45, 7) is 16.8. The Morgan fingerprint density at radius 2 is 1.59 bits per heavy atom.